The van der Waals surface area contributed by atoms with E-state index in [1.54, 1.807) is 19.9 Å². The predicted molar refractivity (Wildman–Crippen MR) is 82.7 cm³/mol. The van der Waals surface area contributed by atoms with Crippen LogP contribution in [0.3, 0.4) is 0 Å². The average molecular weight is 312 g/mol. The van der Waals surface area contributed by atoms with E-state index in [4.69, 9.17) is 14.7 Å². The Kier molecular flexibility index (Phi) is 14.7. The molecule has 8 heteroatoms. The molecule has 2 unspecified atom stereocenters. The number of hydrogen-bond acceptors (Lipinski definition) is 6. The van der Waals surface area contributed by atoms with Crippen molar-refractivity contribution in [2.75, 3.05) is 13.1 Å². The molecule has 0 rings (SSSR count). The molecule has 124 valence electrons. The number of ether oxygens (including phenoxy) is 2. The van der Waals surface area contributed by atoms with Gasteiger partial charge in [0.15, 0.2) is 12.5 Å². The van der Waals surface area contributed by atoms with Crippen LogP contribution >= 0.6 is 0 Å². The molecule has 0 aromatic rings. The molecule has 8 nitrogen and oxygen atoms in total. The second kappa shape index (κ2) is 14.9. The Bertz CT molecular complexity index is 363. The third-order valence-corrected chi connectivity index (χ3v) is 1.82. The third-order valence-electron chi connectivity index (χ3n) is 1.82. The molecule has 0 fully saturated rings. The van der Waals surface area contributed by atoms with E-state index in [9.17, 15) is 9.59 Å². The monoisotopic (exact) mass is 312 g/mol. The second-order valence-corrected chi connectivity index (χ2v) is 3.82. The lowest BCUT2D eigenvalue weighted by atomic mass is 10.5. The summed E-state index contributed by atoms with van der Waals surface area (Å²) in [6.07, 6.45) is 0.704. The highest BCUT2D eigenvalue weighted by Gasteiger charge is 2.14. The van der Waals surface area contributed by atoms with Gasteiger partial charge in [-0.1, -0.05) is 12.2 Å². The molecule has 22 heavy (non-hydrogen) atoms. The van der Waals surface area contributed by atoms with E-state index < -0.39 is 24.6 Å². The number of nitrogens with one attached hydrogen (secondary N) is 3. The molecule has 2 amide bonds. The Morgan fingerprint density at radius 2 is 1.41 bits per heavy atom. The minimum absolute atomic E-state index is 0.321. The summed E-state index contributed by atoms with van der Waals surface area (Å²) in [5.41, 5.74) is 0. The number of carbonyl (C=O) groups is 2. The topological polar surface area (TPSA) is 112 Å². The molecule has 0 aliphatic heterocycles. The van der Waals surface area contributed by atoms with E-state index in [0.29, 0.717) is 13.1 Å². The van der Waals surface area contributed by atoms with Crippen molar-refractivity contribution in [3.05, 3.63) is 25.3 Å². The molecule has 0 spiro atoms. The fourth-order valence-electron chi connectivity index (χ4n) is 1.11. The highest BCUT2D eigenvalue weighted by molar-refractivity contribution is 5.68. The maximum Gasteiger partial charge on any atom is 0.408 e. The Balaban J connectivity index is 0. The summed E-state index contributed by atoms with van der Waals surface area (Å²) >= 11 is 0. The normalized spacial score (nSPS) is 11.4. The van der Waals surface area contributed by atoms with Crippen molar-refractivity contribution < 1.29 is 19.1 Å². The number of nitriles is 1. The van der Waals surface area contributed by atoms with Crippen molar-refractivity contribution in [1.82, 2.24) is 16.0 Å². The van der Waals surface area contributed by atoms with E-state index in [1.807, 2.05) is 0 Å². The summed E-state index contributed by atoms with van der Waals surface area (Å²) in [7, 11) is 0. The number of alkyl carbamates (subject to hydrolysis) is 2. The Hall–Kier alpha value is -2.53. The molecule has 2 atom stereocenters. The average Bonchev–Trinajstić information content (AvgIpc) is 2.43. The molecule has 0 aliphatic rings. The van der Waals surface area contributed by atoms with Gasteiger partial charge in [-0.25, -0.2) is 14.9 Å². The predicted octanol–water partition coefficient (Wildman–Crippen LogP) is 1.62. The van der Waals surface area contributed by atoms with Crippen LogP contribution < -0.4 is 16.0 Å². The van der Waals surface area contributed by atoms with E-state index in [2.05, 4.69) is 29.1 Å². The molecule has 0 saturated carbocycles. The molecule has 0 aromatic heterocycles. The zero-order valence-corrected chi connectivity index (χ0v) is 13.2. The maximum atomic E-state index is 11.2. The lowest BCUT2D eigenvalue weighted by Crippen LogP contribution is -2.43. The molecule has 0 saturated heterocycles. The van der Waals surface area contributed by atoms with Crippen LogP contribution in [0.15, 0.2) is 25.3 Å². The summed E-state index contributed by atoms with van der Waals surface area (Å²) in [5, 5.41) is 15.0. The first-order valence-corrected chi connectivity index (χ1v) is 6.58. The number of carbonyl (C=O) groups excluding carboxylic acids is 2. The summed E-state index contributed by atoms with van der Waals surface area (Å²) in [6.45, 7) is 12.2. The maximum absolute atomic E-state index is 11.2. The first-order valence-electron chi connectivity index (χ1n) is 6.58. The number of nitrogens with zero attached hydrogens (tertiary/aromatic N) is 1. The van der Waals surface area contributed by atoms with E-state index in [0.717, 1.165) is 0 Å². The summed E-state index contributed by atoms with van der Waals surface area (Å²) in [4.78, 5) is 22.4. The van der Waals surface area contributed by atoms with Crippen molar-refractivity contribution >= 4 is 12.2 Å². The van der Waals surface area contributed by atoms with Crippen LogP contribution in [0, 0.1) is 11.3 Å². The van der Waals surface area contributed by atoms with Gasteiger partial charge >= 0.3 is 12.2 Å². The largest absolute Gasteiger partial charge is 0.431 e. The van der Waals surface area contributed by atoms with E-state index in [1.165, 1.54) is 19.1 Å². The molecule has 0 radical (unpaired) electrons. The minimum Gasteiger partial charge on any atom is -0.431 e. The van der Waals surface area contributed by atoms with Crippen molar-refractivity contribution in [2.24, 2.45) is 0 Å². The van der Waals surface area contributed by atoms with Crippen LogP contribution in [-0.4, -0.2) is 37.7 Å². The van der Waals surface area contributed by atoms with E-state index in [-0.39, 0.29) is 0 Å². The Labute approximate surface area is 131 Å². The van der Waals surface area contributed by atoms with Gasteiger partial charge in [-0.2, -0.15) is 5.26 Å². The number of rotatable bonds is 8. The van der Waals surface area contributed by atoms with Crippen molar-refractivity contribution in [2.45, 2.75) is 33.2 Å². The SMILES string of the molecule is C=CCNC(=O)OC(C)NC(C)OC(=O)NCC=C.CC#N. The van der Waals surface area contributed by atoms with Crippen molar-refractivity contribution in [3.63, 3.8) is 0 Å². The van der Waals surface area contributed by atoms with Crippen molar-refractivity contribution in [3.8, 4) is 6.07 Å². The van der Waals surface area contributed by atoms with Crippen LogP contribution in [-0.2, 0) is 9.47 Å². The highest BCUT2D eigenvalue weighted by atomic mass is 16.6. The molecule has 0 bridgehead atoms. The number of hydrogen-bond donors (Lipinski definition) is 3. The van der Waals surface area contributed by atoms with Gasteiger partial charge in [0, 0.05) is 20.0 Å². The smallest absolute Gasteiger partial charge is 0.408 e. The Morgan fingerprint density at radius 3 is 1.68 bits per heavy atom. The molecule has 0 aliphatic carbocycles. The lowest BCUT2D eigenvalue weighted by Gasteiger charge is -2.20. The van der Waals surface area contributed by atoms with Gasteiger partial charge in [0.05, 0.1) is 6.07 Å². The standard InChI is InChI=1S/C12H21N3O4.C2H3N/c1-5-7-13-11(16)18-9(3)15-10(4)19-12(17)14-8-6-2;1-2-3/h5-6,9-10,15H,1-2,7-8H2,3-4H3,(H,13,16)(H,14,17);1H3. The molecular formula is C14H24N4O4. The van der Waals surface area contributed by atoms with Crippen LogP contribution in [0.4, 0.5) is 9.59 Å². The number of amides is 2. The van der Waals surface area contributed by atoms with Gasteiger partial charge in [-0.3, -0.25) is 0 Å². The van der Waals surface area contributed by atoms with Gasteiger partial charge in [0.1, 0.15) is 0 Å². The van der Waals surface area contributed by atoms with Crippen LogP contribution in [0.5, 0.6) is 0 Å². The van der Waals surface area contributed by atoms with Gasteiger partial charge in [0.25, 0.3) is 0 Å². The Morgan fingerprint density at radius 1 is 1.09 bits per heavy atom. The minimum atomic E-state index is -0.605. The van der Waals surface area contributed by atoms with Crippen LogP contribution in [0.25, 0.3) is 0 Å². The summed E-state index contributed by atoms with van der Waals surface area (Å²) in [6, 6.07) is 1.75. The van der Waals surface area contributed by atoms with Crippen LogP contribution in [0.2, 0.25) is 0 Å². The first-order chi connectivity index (χ1) is 10.4. The quantitative estimate of drug-likeness (QED) is 0.464. The molecule has 3 N–H and O–H groups in total. The lowest BCUT2D eigenvalue weighted by molar-refractivity contribution is 0.0276. The van der Waals surface area contributed by atoms with Gasteiger partial charge in [0.2, 0.25) is 0 Å². The molecule has 0 aromatic carbocycles. The fraction of sp³-hybridized carbons (Fsp3) is 0.500. The van der Waals surface area contributed by atoms with E-state index >= 15 is 0 Å². The summed E-state index contributed by atoms with van der Waals surface area (Å²) < 4.78 is 9.90. The zero-order valence-electron chi connectivity index (χ0n) is 13.2. The van der Waals surface area contributed by atoms with Crippen molar-refractivity contribution in [1.29, 1.82) is 5.26 Å². The van der Waals surface area contributed by atoms with Gasteiger partial charge in [-0.15, -0.1) is 13.2 Å². The second-order valence-electron chi connectivity index (χ2n) is 3.82. The zero-order chi connectivity index (χ0) is 17.4. The fourth-order valence-corrected chi connectivity index (χ4v) is 1.11. The molecule has 0 heterocycles. The van der Waals surface area contributed by atoms with Gasteiger partial charge < -0.3 is 20.1 Å². The van der Waals surface area contributed by atoms with Gasteiger partial charge in [-0.05, 0) is 13.8 Å². The first kappa shape index (κ1) is 21.8. The van der Waals surface area contributed by atoms with Crippen LogP contribution in [0.1, 0.15) is 20.8 Å². The third kappa shape index (κ3) is 15.5. The highest BCUT2D eigenvalue weighted by Crippen LogP contribution is 1.93. The molecular weight excluding hydrogens is 288 g/mol. The summed E-state index contributed by atoms with van der Waals surface area (Å²) in [5.74, 6) is 0.